The number of hydrogen-bond donors (Lipinski definition) is 1. The maximum atomic E-state index is 13.7. The topological polar surface area (TPSA) is 85.5 Å². The van der Waals surface area contributed by atoms with Crippen molar-refractivity contribution in [1.82, 2.24) is 4.98 Å². The summed E-state index contributed by atoms with van der Waals surface area (Å²) in [5.41, 5.74) is -0.715. The van der Waals surface area contributed by atoms with Gasteiger partial charge in [0.25, 0.3) is 0 Å². The largest absolute Gasteiger partial charge is 0.435 e. The first kappa shape index (κ1) is 14.8. The van der Waals surface area contributed by atoms with Gasteiger partial charge in [0.1, 0.15) is 0 Å². The van der Waals surface area contributed by atoms with Crippen LogP contribution in [0.25, 0.3) is 0 Å². The molecule has 1 N–H and O–H groups in total. The minimum absolute atomic E-state index is 0.111. The summed E-state index contributed by atoms with van der Waals surface area (Å²) in [6, 6.07) is 4.04. The SMILES string of the molecule is C[C@@H](O)c1cccnc1Oc1cc(F)c([N+](=O)[O-])cc1F. The summed E-state index contributed by atoms with van der Waals surface area (Å²) >= 11 is 0. The highest BCUT2D eigenvalue weighted by atomic mass is 19.1. The van der Waals surface area contributed by atoms with Gasteiger partial charge in [-0.1, -0.05) is 0 Å². The van der Waals surface area contributed by atoms with Crippen LogP contribution in [0.3, 0.4) is 0 Å². The number of aliphatic hydroxyl groups is 1. The minimum atomic E-state index is -1.23. The Balaban J connectivity index is 2.41. The average molecular weight is 296 g/mol. The Morgan fingerprint density at radius 2 is 2.10 bits per heavy atom. The normalized spacial score (nSPS) is 12.0. The summed E-state index contributed by atoms with van der Waals surface area (Å²) in [7, 11) is 0. The number of benzene rings is 1. The molecule has 1 aromatic carbocycles. The number of hydrogen-bond acceptors (Lipinski definition) is 5. The highest BCUT2D eigenvalue weighted by molar-refractivity contribution is 5.41. The monoisotopic (exact) mass is 296 g/mol. The van der Waals surface area contributed by atoms with Crippen molar-refractivity contribution < 1.29 is 23.5 Å². The molecule has 0 amide bonds. The lowest BCUT2D eigenvalue weighted by atomic mass is 10.2. The van der Waals surface area contributed by atoms with E-state index in [-0.39, 0.29) is 11.4 Å². The molecule has 6 nitrogen and oxygen atoms in total. The fourth-order valence-corrected chi connectivity index (χ4v) is 1.65. The van der Waals surface area contributed by atoms with E-state index < -0.39 is 34.1 Å². The van der Waals surface area contributed by atoms with Crippen molar-refractivity contribution in [3.05, 3.63) is 57.8 Å². The summed E-state index contributed by atoms with van der Waals surface area (Å²) in [6.45, 7) is 1.46. The molecule has 2 aromatic rings. The van der Waals surface area contributed by atoms with E-state index in [1.165, 1.54) is 19.2 Å². The van der Waals surface area contributed by atoms with Gasteiger partial charge in [0.15, 0.2) is 11.6 Å². The van der Waals surface area contributed by atoms with Gasteiger partial charge in [0.2, 0.25) is 11.7 Å². The number of aromatic nitrogens is 1. The first-order valence-corrected chi connectivity index (χ1v) is 5.84. The summed E-state index contributed by atoms with van der Waals surface area (Å²) in [5.74, 6) is -3.01. The molecule has 0 saturated heterocycles. The number of nitro groups is 1. The van der Waals surface area contributed by atoms with E-state index in [0.29, 0.717) is 12.1 Å². The summed E-state index contributed by atoms with van der Waals surface area (Å²) in [6.07, 6.45) is 0.417. The Morgan fingerprint density at radius 3 is 2.71 bits per heavy atom. The van der Waals surface area contributed by atoms with Crippen molar-refractivity contribution in [3.63, 3.8) is 0 Å². The molecular formula is C13H10F2N2O4. The average Bonchev–Trinajstić information content (AvgIpc) is 2.42. The molecule has 0 aliphatic heterocycles. The number of aliphatic hydroxyl groups excluding tert-OH is 1. The predicted molar refractivity (Wildman–Crippen MR) is 68.0 cm³/mol. The molecule has 0 aliphatic rings. The van der Waals surface area contributed by atoms with Crippen LogP contribution in [-0.2, 0) is 0 Å². The van der Waals surface area contributed by atoms with Crippen LogP contribution in [0.1, 0.15) is 18.6 Å². The smallest absolute Gasteiger partial charge is 0.307 e. The molecular weight excluding hydrogens is 286 g/mol. The number of nitrogens with zero attached hydrogens (tertiary/aromatic N) is 2. The quantitative estimate of drug-likeness (QED) is 0.692. The lowest BCUT2D eigenvalue weighted by Crippen LogP contribution is -2.01. The van der Waals surface area contributed by atoms with Gasteiger partial charge in [0.05, 0.1) is 17.1 Å². The molecule has 0 spiro atoms. The first-order chi connectivity index (χ1) is 9.90. The molecule has 0 radical (unpaired) electrons. The van der Waals surface area contributed by atoms with Gasteiger partial charge < -0.3 is 9.84 Å². The van der Waals surface area contributed by atoms with E-state index in [4.69, 9.17) is 4.74 Å². The van der Waals surface area contributed by atoms with Crippen LogP contribution in [0.4, 0.5) is 14.5 Å². The van der Waals surface area contributed by atoms with Crippen molar-refractivity contribution in [2.75, 3.05) is 0 Å². The zero-order valence-corrected chi connectivity index (χ0v) is 10.8. The number of ether oxygens (including phenoxy) is 1. The van der Waals surface area contributed by atoms with Crippen molar-refractivity contribution in [2.45, 2.75) is 13.0 Å². The highest BCUT2D eigenvalue weighted by Crippen LogP contribution is 2.32. The summed E-state index contributed by atoms with van der Waals surface area (Å²) in [4.78, 5) is 13.3. The fourth-order valence-electron chi connectivity index (χ4n) is 1.65. The van der Waals surface area contributed by atoms with Crippen molar-refractivity contribution in [3.8, 4) is 11.6 Å². The molecule has 1 aromatic heterocycles. The van der Waals surface area contributed by atoms with Crippen LogP contribution in [0.2, 0.25) is 0 Å². The molecule has 0 saturated carbocycles. The third kappa shape index (κ3) is 3.11. The molecule has 8 heteroatoms. The predicted octanol–water partition coefficient (Wildman–Crippen LogP) is 3.11. The third-order valence-corrected chi connectivity index (χ3v) is 2.66. The Morgan fingerprint density at radius 1 is 1.38 bits per heavy atom. The maximum absolute atomic E-state index is 13.7. The Hall–Kier alpha value is -2.61. The summed E-state index contributed by atoms with van der Waals surface area (Å²) < 4.78 is 32.3. The molecule has 1 atom stereocenters. The van der Waals surface area contributed by atoms with Crippen LogP contribution in [0.15, 0.2) is 30.5 Å². The molecule has 21 heavy (non-hydrogen) atoms. The van der Waals surface area contributed by atoms with Crippen molar-refractivity contribution >= 4 is 5.69 Å². The second-order valence-corrected chi connectivity index (χ2v) is 4.17. The molecule has 0 bridgehead atoms. The third-order valence-electron chi connectivity index (χ3n) is 2.66. The van der Waals surface area contributed by atoms with Crippen LogP contribution >= 0.6 is 0 Å². The van der Waals surface area contributed by atoms with E-state index in [0.717, 1.165) is 0 Å². The second kappa shape index (κ2) is 5.80. The van der Waals surface area contributed by atoms with E-state index in [2.05, 4.69) is 4.98 Å². The summed E-state index contributed by atoms with van der Waals surface area (Å²) in [5, 5.41) is 20.0. The van der Waals surface area contributed by atoms with E-state index in [9.17, 15) is 24.0 Å². The van der Waals surface area contributed by atoms with Crippen LogP contribution in [-0.4, -0.2) is 15.0 Å². The molecule has 1 heterocycles. The highest BCUT2D eigenvalue weighted by Gasteiger charge is 2.21. The zero-order chi connectivity index (χ0) is 15.6. The van der Waals surface area contributed by atoms with Gasteiger partial charge in [-0.3, -0.25) is 10.1 Å². The number of pyridine rings is 1. The number of nitro benzene ring substituents is 1. The van der Waals surface area contributed by atoms with Crippen LogP contribution < -0.4 is 4.74 Å². The van der Waals surface area contributed by atoms with Gasteiger partial charge in [-0.05, 0) is 19.1 Å². The van der Waals surface area contributed by atoms with Crippen LogP contribution in [0, 0.1) is 21.7 Å². The number of halogens is 2. The van der Waals surface area contributed by atoms with E-state index in [1.54, 1.807) is 6.07 Å². The van der Waals surface area contributed by atoms with Gasteiger partial charge in [-0.25, -0.2) is 9.37 Å². The lowest BCUT2D eigenvalue weighted by Gasteiger charge is -2.12. The van der Waals surface area contributed by atoms with E-state index in [1.807, 2.05) is 0 Å². The molecule has 2 rings (SSSR count). The fraction of sp³-hybridized carbons (Fsp3) is 0.154. The van der Waals surface area contributed by atoms with Gasteiger partial charge in [-0.15, -0.1) is 0 Å². The molecule has 0 fully saturated rings. The molecule has 110 valence electrons. The van der Waals surface area contributed by atoms with Gasteiger partial charge >= 0.3 is 5.69 Å². The zero-order valence-electron chi connectivity index (χ0n) is 10.8. The minimum Gasteiger partial charge on any atom is -0.435 e. The second-order valence-electron chi connectivity index (χ2n) is 4.17. The first-order valence-electron chi connectivity index (χ1n) is 5.84. The Labute approximate surface area is 117 Å². The maximum Gasteiger partial charge on any atom is 0.307 e. The van der Waals surface area contributed by atoms with Crippen molar-refractivity contribution in [1.29, 1.82) is 0 Å². The Bertz CT molecular complexity index is 692. The lowest BCUT2D eigenvalue weighted by molar-refractivity contribution is -0.387. The molecule has 0 aliphatic carbocycles. The van der Waals surface area contributed by atoms with E-state index >= 15 is 0 Å². The Kier molecular flexibility index (Phi) is 4.08. The standard InChI is InChI=1S/C13H10F2N2O4/c1-7(18)8-3-2-4-16-13(8)21-12-6-9(14)11(17(19)20)5-10(12)15/h2-7,18H,1H3/t7-/m1/s1. The molecule has 0 unspecified atom stereocenters. The van der Waals surface area contributed by atoms with Gasteiger partial charge in [0, 0.05) is 17.8 Å². The van der Waals surface area contributed by atoms with Crippen LogP contribution in [0.5, 0.6) is 11.6 Å². The number of rotatable bonds is 4. The van der Waals surface area contributed by atoms with Gasteiger partial charge in [-0.2, -0.15) is 4.39 Å². The van der Waals surface area contributed by atoms with Crippen molar-refractivity contribution in [2.24, 2.45) is 0 Å².